The predicted molar refractivity (Wildman–Crippen MR) is 94.0 cm³/mol. The van der Waals surface area contributed by atoms with Gasteiger partial charge in [0.1, 0.15) is 6.61 Å². The SMILES string of the molecule is CCOCC(=O)Nc1ncc(Cc2cccc3ccccc23)s1. The Bertz CT molecular complexity index is 808. The van der Waals surface area contributed by atoms with E-state index < -0.39 is 0 Å². The molecule has 0 saturated heterocycles. The first-order valence-corrected chi connectivity index (χ1v) is 8.37. The van der Waals surface area contributed by atoms with Gasteiger partial charge in [0.15, 0.2) is 5.13 Å². The zero-order valence-electron chi connectivity index (χ0n) is 12.9. The van der Waals surface area contributed by atoms with Crippen LogP contribution in [0, 0.1) is 0 Å². The highest BCUT2D eigenvalue weighted by atomic mass is 32.1. The van der Waals surface area contributed by atoms with E-state index >= 15 is 0 Å². The number of aromatic nitrogens is 1. The number of thiazole rings is 1. The molecule has 0 aliphatic carbocycles. The van der Waals surface area contributed by atoms with Gasteiger partial charge < -0.3 is 4.74 Å². The van der Waals surface area contributed by atoms with Crippen molar-refractivity contribution in [3.05, 3.63) is 59.1 Å². The highest BCUT2D eigenvalue weighted by Gasteiger charge is 2.08. The molecule has 3 aromatic rings. The van der Waals surface area contributed by atoms with E-state index in [1.165, 1.54) is 27.7 Å². The Kier molecular flexibility index (Phi) is 5.00. The summed E-state index contributed by atoms with van der Waals surface area (Å²) in [6.45, 7) is 2.45. The molecular weight excluding hydrogens is 308 g/mol. The summed E-state index contributed by atoms with van der Waals surface area (Å²) < 4.78 is 5.08. The normalized spacial score (nSPS) is 10.8. The number of nitrogens with zero attached hydrogens (tertiary/aromatic N) is 1. The number of carbonyl (C=O) groups excluding carboxylic acids is 1. The molecule has 0 spiro atoms. The van der Waals surface area contributed by atoms with Crippen molar-refractivity contribution in [2.75, 3.05) is 18.5 Å². The third kappa shape index (κ3) is 3.94. The van der Waals surface area contributed by atoms with Crippen molar-refractivity contribution in [1.29, 1.82) is 0 Å². The Morgan fingerprint density at radius 2 is 2.04 bits per heavy atom. The summed E-state index contributed by atoms with van der Waals surface area (Å²) >= 11 is 1.50. The number of hydrogen-bond donors (Lipinski definition) is 1. The van der Waals surface area contributed by atoms with Crippen molar-refractivity contribution in [2.24, 2.45) is 0 Å². The van der Waals surface area contributed by atoms with Gasteiger partial charge in [-0.2, -0.15) is 0 Å². The highest BCUT2D eigenvalue weighted by Crippen LogP contribution is 2.25. The molecule has 0 unspecified atom stereocenters. The molecule has 2 aromatic carbocycles. The van der Waals surface area contributed by atoms with E-state index in [4.69, 9.17) is 4.74 Å². The fourth-order valence-corrected chi connectivity index (χ4v) is 3.28. The monoisotopic (exact) mass is 326 g/mol. The molecule has 0 radical (unpaired) electrons. The van der Waals surface area contributed by atoms with E-state index in [1.54, 1.807) is 0 Å². The van der Waals surface area contributed by atoms with E-state index in [1.807, 2.05) is 19.2 Å². The van der Waals surface area contributed by atoms with Crippen LogP contribution in [0.15, 0.2) is 48.7 Å². The fraction of sp³-hybridized carbons (Fsp3) is 0.222. The Labute approximate surface area is 139 Å². The molecule has 23 heavy (non-hydrogen) atoms. The number of anilines is 1. The first-order valence-electron chi connectivity index (χ1n) is 7.55. The molecule has 0 aliphatic heterocycles. The third-order valence-corrected chi connectivity index (χ3v) is 4.39. The summed E-state index contributed by atoms with van der Waals surface area (Å²) in [5, 5.41) is 5.87. The van der Waals surface area contributed by atoms with E-state index in [9.17, 15) is 4.79 Å². The van der Waals surface area contributed by atoms with Gasteiger partial charge in [-0.05, 0) is 23.3 Å². The number of ether oxygens (including phenoxy) is 1. The molecular formula is C18H18N2O2S. The standard InChI is InChI=1S/C18H18N2O2S/c1-2-22-12-17(21)20-18-19-11-15(23-18)10-14-8-5-7-13-6-3-4-9-16(13)14/h3-9,11H,2,10,12H2,1H3,(H,19,20,21). The zero-order valence-corrected chi connectivity index (χ0v) is 13.7. The average Bonchev–Trinajstić information content (AvgIpc) is 3.00. The minimum Gasteiger partial charge on any atom is -0.372 e. The number of hydrogen-bond acceptors (Lipinski definition) is 4. The Hall–Kier alpha value is -2.24. The summed E-state index contributed by atoms with van der Waals surface area (Å²) in [6.07, 6.45) is 2.63. The van der Waals surface area contributed by atoms with Gasteiger partial charge in [-0.1, -0.05) is 42.5 Å². The maximum atomic E-state index is 11.6. The summed E-state index contributed by atoms with van der Waals surface area (Å²) in [4.78, 5) is 17.0. The largest absolute Gasteiger partial charge is 0.372 e. The summed E-state index contributed by atoms with van der Waals surface area (Å²) in [6, 6.07) is 14.7. The van der Waals surface area contributed by atoms with Crippen molar-refractivity contribution in [2.45, 2.75) is 13.3 Å². The van der Waals surface area contributed by atoms with Crippen molar-refractivity contribution >= 4 is 33.1 Å². The van der Waals surface area contributed by atoms with Gasteiger partial charge in [0.05, 0.1) is 0 Å². The number of amides is 1. The molecule has 0 bridgehead atoms. The second-order valence-electron chi connectivity index (χ2n) is 5.13. The van der Waals surface area contributed by atoms with Crippen molar-refractivity contribution in [1.82, 2.24) is 4.98 Å². The highest BCUT2D eigenvalue weighted by molar-refractivity contribution is 7.15. The fourth-order valence-electron chi connectivity index (χ4n) is 2.43. The maximum absolute atomic E-state index is 11.6. The number of benzene rings is 2. The van der Waals surface area contributed by atoms with Crippen LogP contribution in [0.2, 0.25) is 0 Å². The topological polar surface area (TPSA) is 51.2 Å². The molecule has 0 saturated carbocycles. The second kappa shape index (κ2) is 7.35. The van der Waals surface area contributed by atoms with Crippen molar-refractivity contribution in [3.8, 4) is 0 Å². The third-order valence-electron chi connectivity index (χ3n) is 3.48. The Morgan fingerprint density at radius 1 is 1.22 bits per heavy atom. The minimum absolute atomic E-state index is 0.0642. The summed E-state index contributed by atoms with van der Waals surface area (Å²) in [5.41, 5.74) is 1.26. The van der Waals surface area contributed by atoms with Crippen LogP contribution in [0.25, 0.3) is 10.8 Å². The maximum Gasteiger partial charge on any atom is 0.252 e. The number of nitrogens with one attached hydrogen (secondary N) is 1. The van der Waals surface area contributed by atoms with Crippen LogP contribution in [-0.2, 0) is 16.0 Å². The molecule has 1 N–H and O–H groups in total. The van der Waals surface area contributed by atoms with Crippen LogP contribution in [0.3, 0.4) is 0 Å². The van der Waals surface area contributed by atoms with Gasteiger partial charge in [0.25, 0.3) is 5.91 Å². The molecule has 0 fully saturated rings. The van der Waals surface area contributed by atoms with E-state index in [0.29, 0.717) is 11.7 Å². The smallest absolute Gasteiger partial charge is 0.252 e. The van der Waals surface area contributed by atoms with Crippen molar-refractivity contribution < 1.29 is 9.53 Å². The van der Waals surface area contributed by atoms with E-state index in [-0.39, 0.29) is 12.5 Å². The number of fused-ring (bicyclic) bond motifs is 1. The quantitative estimate of drug-likeness (QED) is 0.748. The molecule has 1 aromatic heterocycles. The molecule has 5 heteroatoms. The zero-order chi connectivity index (χ0) is 16.1. The predicted octanol–water partition coefficient (Wildman–Crippen LogP) is 3.86. The van der Waals surface area contributed by atoms with Gasteiger partial charge in [-0.15, -0.1) is 11.3 Å². The van der Waals surface area contributed by atoms with Crippen LogP contribution in [0.4, 0.5) is 5.13 Å². The molecule has 0 aliphatic rings. The Balaban J connectivity index is 1.72. The van der Waals surface area contributed by atoms with Gasteiger partial charge in [-0.25, -0.2) is 4.98 Å². The summed E-state index contributed by atoms with van der Waals surface area (Å²) in [5.74, 6) is -0.169. The first kappa shape index (κ1) is 15.6. The Morgan fingerprint density at radius 3 is 2.91 bits per heavy atom. The van der Waals surface area contributed by atoms with Crippen molar-refractivity contribution in [3.63, 3.8) is 0 Å². The van der Waals surface area contributed by atoms with Crippen LogP contribution in [0.5, 0.6) is 0 Å². The first-order chi connectivity index (χ1) is 11.3. The lowest BCUT2D eigenvalue weighted by molar-refractivity contribution is -0.120. The van der Waals surface area contributed by atoms with Gasteiger partial charge >= 0.3 is 0 Å². The molecule has 118 valence electrons. The van der Waals surface area contributed by atoms with Gasteiger partial charge in [-0.3, -0.25) is 10.1 Å². The van der Waals surface area contributed by atoms with E-state index in [0.717, 1.165) is 11.3 Å². The summed E-state index contributed by atoms with van der Waals surface area (Å²) in [7, 11) is 0. The second-order valence-corrected chi connectivity index (χ2v) is 6.25. The van der Waals surface area contributed by atoms with Crippen LogP contribution >= 0.6 is 11.3 Å². The molecule has 3 rings (SSSR count). The minimum atomic E-state index is -0.169. The number of rotatable bonds is 6. The average molecular weight is 326 g/mol. The molecule has 0 atom stereocenters. The van der Waals surface area contributed by atoms with Crippen LogP contribution in [0.1, 0.15) is 17.4 Å². The number of carbonyl (C=O) groups is 1. The van der Waals surface area contributed by atoms with Gasteiger partial charge in [0.2, 0.25) is 0 Å². The van der Waals surface area contributed by atoms with Crippen LogP contribution in [-0.4, -0.2) is 24.1 Å². The van der Waals surface area contributed by atoms with Crippen LogP contribution < -0.4 is 5.32 Å². The lowest BCUT2D eigenvalue weighted by Gasteiger charge is -2.04. The lowest BCUT2D eigenvalue weighted by Crippen LogP contribution is -2.17. The molecule has 1 amide bonds. The van der Waals surface area contributed by atoms with E-state index in [2.05, 4.69) is 46.7 Å². The molecule has 4 nitrogen and oxygen atoms in total. The molecule has 1 heterocycles. The van der Waals surface area contributed by atoms with Gasteiger partial charge in [0, 0.05) is 24.1 Å². The lowest BCUT2D eigenvalue weighted by atomic mass is 10.0.